The van der Waals surface area contributed by atoms with E-state index in [2.05, 4.69) is 5.32 Å². The van der Waals surface area contributed by atoms with Crippen molar-refractivity contribution in [2.45, 2.75) is 12.5 Å². The number of nitrogens with zero attached hydrogens (tertiary/aromatic N) is 1. The van der Waals surface area contributed by atoms with Crippen LogP contribution in [0.5, 0.6) is 0 Å². The van der Waals surface area contributed by atoms with Gasteiger partial charge in [0.05, 0.1) is 25.6 Å². The molecule has 3 rings (SSSR count). The Bertz CT molecular complexity index is 485. The van der Waals surface area contributed by atoms with Crippen LogP contribution in [0.15, 0.2) is 17.5 Å². The second-order valence-electron chi connectivity index (χ2n) is 4.87. The average Bonchev–Trinajstić information content (AvgIpc) is 3.17. The highest BCUT2D eigenvalue weighted by Gasteiger charge is 2.33. The highest BCUT2D eigenvalue weighted by atomic mass is 32.1. The van der Waals surface area contributed by atoms with Crippen LogP contribution in [0.3, 0.4) is 0 Å². The predicted molar refractivity (Wildman–Crippen MR) is 73.9 cm³/mol. The van der Waals surface area contributed by atoms with Gasteiger partial charge in [-0.25, -0.2) is 4.79 Å². The first-order chi connectivity index (χ1) is 9.74. The maximum absolute atomic E-state index is 11.9. The highest BCUT2D eigenvalue weighted by molar-refractivity contribution is 7.14. The van der Waals surface area contributed by atoms with Crippen LogP contribution in [0.25, 0.3) is 0 Å². The number of cyclic esters (lactones) is 1. The smallest absolute Gasteiger partial charge is 0.415 e. The van der Waals surface area contributed by atoms with E-state index in [9.17, 15) is 9.59 Å². The molecule has 0 spiro atoms. The van der Waals surface area contributed by atoms with Gasteiger partial charge in [-0.15, -0.1) is 11.3 Å². The molecule has 0 bridgehead atoms. The molecule has 2 aliphatic rings. The van der Waals surface area contributed by atoms with Crippen molar-refractivity contribution >= 4 is 28.3 Å². The SMILES string of the molecule is O=C(NCC1CN(c2cccs2)C(=O)O1)C1CCOC1. The molecule has 0 aromatic carbocycles. The van der Waals surface area contributed by atoms with E-state index in [1.54, 1.807) is 4.90 Å². The van der Waals surface area contributed by atoms with Crippen molar-refractivity contribution in [3.05, 3.63) is 17.5 Å². The number of nitrogens with one attached hydrogen (secondary N) is 1. The van der Waals surface area contributed by atoms with E-state index in [-0.39, 0.29) is 24.0 Å². The maximum atomic E-state index is 11.9. The van der Waals surface area contributed by atoms with Crippen molar-refractivity contribution in [3.8, 4) is 0 Å². The van der Waals surface area contributed by atoms with Gasteiger partial charge in [0, 0.05) is 6.61 Å². The van der Waals surface area contributed by atoms with E-state index in [1.165, 1.54) is 11.3 Å². The summed E-state index contributed by atoms with van der Waals surface area (Å²) in [4.78, 5) is 25.2. The van der Waals surface area contributed by atoms with Crippen LogP contribution in [0.2, 0.25) is 0 Å². The molecule has 20 heavy (non-hydrogen) atoms. The average molecular weight is 296 g/mol. The summed E-state index contributed by atoms with van der Waals surface area (Å²) in [6.45, 7) is 1.95. The first-order valence-electron chi connectivity index (χ1n) is 6.61. The molecule has 2 amide bonds. The largest absolute Gasteiger partial charge is 0.442 e. The Morgan fingerprint density at radius 1 is 1.55 bits per heavy atom. The summed E-state index contributed by atoms with van der Waals surface area (Å²) < 4.78 is 10.4. The standard InChI is InChI=1S/C13H16N2O4S/c16-12(9-3-4-18-8-9)14-6-10-7-15(13(17)19-10)11-2-1-5-20-11/h1-2,5,9-10H,3-4,6-8H2,(H,14,16). The van der Waals surface area contributed by atoms with Crippen LogP contribution < -0.4 is 10.2 Å². The van der Waals surface area contributed by atoms with Gasteiger partial charge in [0.25, 0.3) is 0 Å². The Balaban J connectivity index is 1.50. The normalized spacial score (nSPS) is 25.8. The first kappa shape index (κ1) is 13.4. The molecular formula is C13H16N2O4S. The Morgan fingerprint density at radius 2 is 2.45 bits per heavy atom. The number of thiophene rings is 1. The minimum atomic E-state index is -0.351. The number of hydrogen-bond donors (Lipinski definition) is 1. The number of amides is 2. The number of ether oxygens (including phenoxy) is 2. The van der Waals surface area contributed by atoms with Gasteiger partial charge in [-0.3, -0.25) is 9.69 Å². The van der Waals surface area contributed by atoms with E-state index < -0.39 is 0 Å². The number of carbonyl (C=O) groups is 2. The Kier molecular flexibility index (Phi) is 3.88. The molecule has 1 N–H and O–H groups in total. The third-order valence-electron chi connectivity index (χ3n) is 3.45. The fourth-order valence-electron chi connectivity index (χ4n) is 2.33. The van der Waals surface area contributed by atoms with Gasteiger partial charge in [0.2, 0.25) is 5.91 Å². The zero-order chi connectivity index (χ0) is 13.9. The van der Waals surface area contributed by atoms with Crippen molar-refractivity contribution in [2.75, 3.05) is 31.2 Å². The molecule has 2 aliphatic heterocycles. The Morgan fingerprint density at radius 3 is 3.15 bits per heavy atom. The maximum Gasteiger partial charge on any atom is 0.415 e. The summed E-state index contributed by atoms with van der Waals surface area (Å²) in [6.07, 6.45) is 0.115. The van der Waals surface area contributed by atoms with Crippen LogP contribution >= 0.6 is 11.3 Å². The topological polar surface area (TPSA) is 67.9 Å². The molecule has 1 aromatic heterocycles. The third kappa shape index (κ3) is 2.78. The van der Waals surface area contributed by atoms with E-state index in [0.29, 0.717) is 26.3 Å². The highest BCUT2D eigenvalue weighted by Crippen LogP contribution is 2.26. The second-order valence-corrected chi connectivity index (χ2v) is 5.80. The van der Waals surface area contributed by atoms with E-state index in [1.807, 2.05) is 17.5 Å². The van der Waals surface area contributed by atoms with Crippen LogP contribution in [0.4, 0.5) is 9.80 Å². The lowest BCUT2D eigenvalue weighted by atomic mass is 10.1. The van der Waals surface area contributed by atoms with Crippen molar-refractivity contribution in [1.29, 1.82) is 0 Å². The van der Waals surface area contributed by atoms with Crippen LogP contribution in [0, 0.1) is 5.92 Å². The molecule has 0 aliphatic carbocycles. The number of anilines is 1. The lowest BCUT2D eigenvalue weighted by molar-refractivity contribution is -0.125. The lowest BCUT2D eigenvalue weighted by Crippen LogP contribution is -2.38. The van der Waals surface area contributed by atoms with E-state index in [4.69, 9.17) is 9.47 Å². The minimum absolute atomic E-state index is 0.0203. The van der Waals surface area contributed by atoms with Crippen molar-refractivity contribution < 1.29 is 19.1 Å². The molecule has 108 valence electrons. The van der Waals surface area contributed by atoms with Gasteiger partial charge in [-0.2, -0.15) is 0 Å². The summed E-state index contributed by atoms with van der Waals surface area (Å²) in [7, 11) is 0. The third-order valence-corrected chi connectivity index (χ3v) is 4.34. The van der Waals surface area contributed by atoms with E-state index >= 15 is 0 Å². The first-order valence-corrected chi connectivity index (χ1v) is 7.49. The van der Waals surface area contributed by atoms with Gasteiger partial charge < -0.3 is 14.8 Å². The van der Waals surface area contributed by atoms with Gasteiger partial charge in [0.1, 0.15) is 11.1 Å². The van der Waals surface area contributed by atoms with Gasteiger partial charge in [0.15, 0.2) is 0 Å². The molecule has 0 saturated carbocycles. The number of rotatable bonds is 4. The molecule has 2 fully saturated rings. The molecule has 7 heteroatoms. The van der Waals surface area contributed by atoms with Gasteiger partial charge in [-0.1, -0.05) is 0 Å². The van der Waals surface area contributed by atoms with Gasteiger partial charge in [-0.05, 0) is 23.9 Å². The van der Waals surface area contributed by atoms with E-state index in [0.717, 1.165) is 11.4 Å². The molecule has 6 nitrogen and oxygen atoms in total. The Labute approximate surface area is 120 Å². The van der Waals surface area contributed by atoms with Crippen LogP contribution in [0.1, 0.15) is 6.42 Å². The fourth-order valence-corrected chi connectivity index (χ4v) is 3.06. The zero-order valence-electron chi connectivity index (χ0n) is 10.9. The van der Waals surface area contributed by atoms with Crippen LogP contribution in [-0.4, -0.2) is 44.4 Å². The lowest BCUT2D eigenvalue weighted by Gasteiger charge is -2.12. The van der Waals surface area contributed by atoms with Crippen molar-refractivity contribution in [3.63, 3.8) is 0 Å². The molecule has 1 aromatic rings. The summed E-state index contributed by atoms with van der Waals surface area (Å²) >= 11 is 1.49. The monoisotopic (exact) mass is 296 g/mol. The second kappa shape index (κ2) is 5.80. The van der Waals surface area contributed by atoms with Crippen molar-refractivity contribution in [2.24, 2.45) is 5.92 Å². The summed E-state index contributed by atoms with van der Waals surface area (Å²) in [5, 5.41) is 5.62. The molecule has 2 atom stereocenters. The summed E-state index contributed by atoms with van der Waals surface area (Å²) in [5.74, 6) is -0.0892. The number of hydrogen-bond acceptors (Lipinski definition) is 5. The zero-order valence-corrected chi connectivity index (χ0v) is 11.7. The van der Waals surface area contributed by atoms with Crippen molar-refractivity contribution in [1.82, 2.24) is 5.32 Å². The predicted octanol–water partition coefficient (Wildman–Crippen LogP) is 1.23. The Hall–Kier alpha value is -1.60. The summed E-state index contributed by atoms with van der Waals surface area (Å²) in [5.41, 5.74) is 0. The molecule has 2 saturated heterocycles. The molecular weight excluding hydrogens is 280 g/mol. The molecule has 2 unspecified atom stereocenters. The number of carbonyl (C=O) groups excluding carboxylic acids is 2. The molecule has 3 heterocycles. The summed E-state index contributed by atoms with van der Waals surface area (Å²) in [6, 6.07) is 3.77. The molecule has 0 radical (unpaired) electrons. The minimum Gasteiger partial charge on any atom is -0.442 e. The van der Waals surface area contributed by atoms with Gasteiger partial charge >= 0.3 is 6.09 Å². The van der Waals surface area contributed by atoms with Crippen LogP contribution in [-0.2, 0) is 14.3 Å². The fraction of sp³-hybridized carbons (Fsp3) is 0.538. The quantitative estimate of drug-likeness (QED) is 0.907.